The molecule has 0 spiro atoms. The molecule has 7 heteroatoms. The summed E-state index contributed by atoms with van der Waals surface area (Å²) in [4.78, 5) is 18.9. The lowest BCUT2D eigenvalue weighted by molar-refractivity contribution is -0.386. The number of nitro groups is 1. The number of hydrogen-bond donors (Lipinski definition) is 0. The molecule has 0 atom stereocenters. The van der Waals surface area contributed by atoms with Crippen LogP contribution in [0.2, 0.25) is 0 Å². The number of nitro benzene ring substituents is 1. The van der Waals surface area contributed by atoms with Gasteiger partial charge in [-0.1, -0.05) is 12.1 Å². The van der Waals surface area contributed by atoms with Crippen LogP contribution in [-0.4, -0.2) is 36.1 Å². The summed E-state index contributed by atoms with van der Waals surface area (Å²) in [6, 6.07) is 9.99. The standard InChI is InChI=1S/C16H17FN4O2/c17-13-5-3-6-14(16(13)21(22)23)19-9-4-10-20(12-11-19)15-7-1-2-8-18-15/h1-3,5-8H,4,9-12H2. The van der Waals surface area contributed by atoms with Gasteiger partial charge in [-0.3, -0.25) is 10.1 Å². The van der Waals surface area contributed by atoms with Crippen molar-refractivity contribution in [2.45, 2.75) is 6.42 Å². The van der Waals surface area contributed by atoms with E-state index in [0.717, 1.165) is 24.8 Å². The van der Waals surface area contributed by atoms with Gasteiger partial charge < -0.3 is 9.80 Å². The van der Waals surface area contributed by atoms with E-state index in [1.165, 1.54) is 6.07 Å². The number of pyridine rings is 1. The predicted molar refractivity (Wildman–Crippen MR) is 86.3 cm³/mol. The molecule has 1 aromatic heterocycles. The third-order valence-electron chi connectivity index (χ3n) is 3.96. The van der Waals surface area contributed by atoms with Crippen LogP contribution in [0.25, 0.3) is 0 Å². The quantitative estimate of drug-likeness (QED) is 0.643. The van der Waals surface area contributed by atoms with Gasteiger partial charge in [-0.2, -0.15) is 4.39 Å². The second-order valence-corrected chi connectivity index (χ2v) is 5.38. The van der Waals surface area contributed by atoms with E-state index in [9.17, 15) is 14.5 Å². The van der Waals surface area contributed by atoms with Gasteiger partial charge in [-0.25, -0.2) is 4.98 Å². The third-order valence-corrected chi connectivity index (χ3v) is 3.96. The Bertz CT molecular complexity index is 696. The van der Waals surface area contributed by atoms with Gasteiger partial charge in [0.05, 0.1) is 4.92 Å². The Morgan fingerprint density at radius 3 is 2.57 bits per heavy atom. The van der Waals surface area contributed by atoms with E-state index in [1.807, 2.05) is 23.1 Å². The maximum atomic E-state index is 13.8. The molecule has 0 unspecified atom stereocenters. The number of nitrogens with zero attached hydrogens (tertiary/aromatic N) is 4. The van der Waals surface area contributed by atoms with E-state index < -0.39 is 16.4 Å². The molecule has 0 saturated carbocycles. The maximum Gasteiger partial charge on any atom is 0.327 e. The van der Waals surface area contributed by atoms with Crippen molar-refractivity contribution in [2.75, 3.05) is 36.0 Å². The number of benzene rings is 1. The van der Waals surface area contributed by atoms with Crippen LogP contribution < -0.4 is 9.80 Å². The first kappa shape index (κ1) is 15.2. The summed E-state index contributed by atoms with van der Waals surface area (Å²) in [6.45, 7) is 2.73. The van der Waals surface area contributed by atoms with E-state index in [0.29, 0.717) is 25.3 Å². The number of halogens is 1. The molecule has 1 saturated heterocycles. The number of anilines is 2. The monoisotopic (exact) mass is 316 g/mol. The first-order valence-corrected chi connectivity index (χ1v) is 7.50. The Hall–Kier alpha value is -2.70. The summed E-state index contributed by atoms with van der Waals surface area (Å²) in [5.74, 6) is 0.0985. The van der Waals surface area contributed by atoms with Gasteiger partial charge in [0.15, 0.2) is 0 Å². The molecule has 120 valence electrons. The minimum absolute atomic E-state index is 0.345. The van der Waals surface area contributed by atoms with E-state index in [2.05, 4.69) is 9.88 Å². The zero-order chi connectivity index (χ0) is 16.2. The molecule has 1 aromatic carbocycles. The summed E-state index contributed by atoms with van der Waals surface area (Å²) in [7, 11) is 0. The summed E-state index contributed by atoms with van der Waals surface area (Å²) in [5.41, 5.74) is -0.100. The highest BCUT2D eigenvalue weighted by molar-refractivity contribution is 5.64. The van der Waals surface area contributed by atoms with Gasteiger partial charge >= 0.3 is 5.69 Å². The first-order valence-electron chi connectivity index (χ1n) is 7.50. The second-order valence-electron chi connectivity index (χ2n) is 5.38. The molecule has 0 aliphatic carbocycles. The van der Waals surface area contributed by atoms with Crippen molar-refractivity contribution in [1.29, 1.82) is 0 Å². The van der Waals surface area contributed by atoms with Gasteiger partial charge in [-0.15, -0.1) is 0 Å². The molecule has 0 amide bonds. The van der Waals surface area contributed by atoms with Crippen molar-refractivity contribution >= 4 is 17.2 Å². The van der Waals surface area contributed by atoms with Crippen molar-refractivity contribution in [3.8, 4) is 0 Å². The van der Waals surface area contributed by atoms with E-state index in [-0.39, 0.29) is 0 Å². The Labute approximate surface area is 133 Å². The van der Waals surface area contributed by atoms with Crippen LogP contribution in [0, 0.1) is 15.9 Å². The van der Waals surface area contributed by atoms with Crippen LogP contribution >= 0.6 is 0 Å². The fourth-order valence-electron chi connectivity index (χ4n) is 2.87. The van der Waals surface area contributed by atoms with Crippen molar-refractivity contribution < 1.29 is 9.31 Å². The van der Waals surface area contributed by atoms with Crippen molar-refractivity contribution in [2.24, 2.45) is 0 Å². The molecule has 1 aliphatic heterocycles. The smallest absolute Gasteiger partial charge is 0.327 e. The molecular weight excluding hydrogens is 299 g/mol. The molecular formula is C16H17FN4O2. The van der Waals surface area contributed by atoms with Crippen LogP contribution in [0.3, 0.4) is 0 Å². The fraction of sp³-hybridized carbons (Fsp3) is 0.312. The average Bonchev–Trinajstić information content (AvgIpc) is 2.81. The third kappa shape index (κ3) is 3.23. The Balaban J connectivity index is 1.81. The van der Waals surface area contributed by atoms with Crippen molar-refractivity contribution in [3.63, 3.8) is 0 Å². The molecule has 2 aromatic rings. The fourth-order valence-corrected chi connectivity index (χ4v) is 2.87. The van der Waals surface area contributed by atoms with Crippen LogP contribution in [0.15, 0.2) is 42.6 Å². The SMILES string of the molecule is O=[N+]([O-])c1c(F)cccc1N1CCCN(c2ccccn2)CC1. The number of aromatic nitrogens is 1. The second kappa shape index (κ2) is 6.60. The Morgan fingerprint density at radius 2 is 1.83 bits per heavy atom. The van der Waals surface area contributed by atoms with Gasteiger partial charge in [0, 0.05) is 32.4 Å². The minimum atomic E-state index is -0.793. The lowest BCUT2D eigenvalue weighted by atomic mass is 10.2. The summed E-state index contributed by atoms with van der Waals surface area (Å²) in [5, 5.41) is 11.2. The summed E-state index contributed by atoms with van der Waals surface area (Å²) < 4.78 is 13.8. The highest BCUT2D eigenvalue weighted by atomic mass is 19.1. The largest absolute Gasteiger partial charge is 0.364 e. The molecule has 23 heavy (non-hydrogen) atoms. The van der Waals surface area contributed by atoms with Crippen LogP contribution in [-0.2, 0) is 0 Å². The van der Waals surface area contributed by atoms with Crippen LogP contribution in [0.1, 0.15) is 6.42 Å². The number of rotatable bonds is 3. The molecule has 2 heterocycles. The summed E-state index contributed by atoms with van der Waals surface area (Å²) >= 11 is 0. The average molecular weight is 316 g/mol. The van der Waals surface area contributed by atoms with Crippen molar-refractivity contribution in [1.82, 2.24) is 4.98 Å². The zero-order valence-electron chi connectivity index (χ0n) is 12.6. The van der Waals surface area contributed by atoms with Gasteiger partial charge in [-0.05, 0) is 30.7 Å². The molecule has 1 aliphatic rings. The molecule has 1 fully saturated rings. The molecule has 6 nitrogen and oxygen atoms in total. The molecule has 0 N–H and O–H groups in total. The highest BCUT2D eigenvalue weighted by Crippen LogP contribution is 2.31. The topological polar surface area (TPSA) is 62.5 Å². The summed E-state index contributed by atoms with van der Waals surface area (Å²) in [6.07, 6.45) is 2.57. The normalized spacial score (nSPS) is 15.3. The molecule has 0 radical (unpaired) electrons. The highest BCUT2D eigenvalue weighted by Gasteiger charge is 2.25. The van der Waals surface area contributed by atoms with E-state index >= 15 is 0 Å². The molecule has 0 bridgehead atoms. The lowest BCUT2D eigenvalue weighted by Gasteiger charge is -2.24. The molecule has 3 rings (SSSR count). The zero-order valence-corrected chi connectivity index (χ0v) is 12.6. The van der Waals surface area contributed by atoms with Crippen LogP contribution in [0.5, 0.6) is 0 Å². The Kier molecular flexibility index (Phi) is 4.36. The van der Waals surface area contributed by atoms with E-state index in [1.54, 1.807) is 12.3 Å². The lowest BCUT2D eigenvalue weighted by Crippen LogP contribution is -2.31. The first-order chi connectivity index (χ1) is 11.2. The Morgan fingerprint density at radius 1 is 1.04 bits per heavy atom. The van der Waals surface area contributed by atoms with E-state index in [4.69, 9.17) is 0 Å². The van der Waals surface area contributed by atoms with Crippen LogP contribution in [0.4, 0.5) is 21.6 Å². The number of hydrogen-bond acceptors (Lipinski definition) is 5. The number of para-hydroxylation sites is 1. The predicted octanol–water partition coefficient (Wildman–Crippen LogP) is 2.85. The minimum Gasteiger partial charge on any atom is -0.364 e. The maximum absolute atomic E-state index is 13.8. The van der Waals surface area contributed by atoms with Crippen molar-refractivity contribution in [3.05, 3.63) is 58.5 Å². The van der Waals surface area contributed by atoms with Gasteiger partial charge in [0.2, 0.25) is 5.82 Å². The van der Waals surface area contributed by atoms with Gasteiger partial charge in [0.1, 0.15) is 11.5 Å². The van der Waals surface area contributed by atoms with Gasteiger partial charge in [0.25, 0.3) is 0 Å².